The fraction of sp³-hybridized carbons (Fsp3) is 0.500. The number of halogens is 2. The number of carbonyl (C=O) groups is 2. The first-order valence-electron chi connectivity index (χ1n) is 13.9. The summed E-state index contributed by atoms with van der Waals surface area (Å²) in [6.07, 6.45) is 11.1. The first kappa shape index (κ1) is 34.1. The highest BCUT2D eigenvalue weighted by atomic mass is 127. The van der Waals surface area contributed by atoms with Gasteiger partial charge >= 0.3 is 0 Å². The summed E-state index contributed by atoms with van der Waals surface area (Å²) in [6, 6.07) is 7.67. The maximum absolute atomic E-state index is 12.5. The summed E-state index contributed by atoms with van der Waals surface area (Å²) in [7, 11) is 0. The molecule has 224 valence electrons. The zero-order valence-electron chi connectivity index (χ0n) is 23.3. The minimum atomic E-state index is -0.126. The SMILES string of the molecule is CC.O=C(CCCCCNC(=O)c1ccc(Nc2nc(NC3CCCCC3)c3ncn(PI)c3n2)cc1)NOPI. The standard InChI is InChI=1S/C24H32I2N8O3P2.C2H6/c25-38-34-15-28-20-21(29-17-7-3-1-4-8-17)31-24(32-22(20)34)30-18-12-10-16(11-13-18)23(36)27-14-6-2-5-9-19(35)33-37-39-26;1-2/h10-13,15,17,38-39H,1-9,14H2,(H,27,36)(H,33,35)(H2,29,30,31,32);1-2H3. The first-order valence-corrected chi connectivity index (χ1v) is 22.0. The summed E-state index contributed by atoms with van der Waals surface area (Å²) < 4.78 is 6.92. The Hall–Kier alpha value is -1.41. The molecule has 1 fully saturated rings. The van der Waals surface area contributed by atoms with Crippen LogP contribution >= 0.6 is 56.9 Å². The van der Waals surface area contributed by atoms with Crippen molar-refractivity contribution in [2.24, 2.45) is 0 Å². The van der Waals surface area contributed by atoms with Crippen molar-refractivity contribution < 1.29 is 14.2 Å². The molecule has 0 saturated heterocycles. The summed E-state index contributed by atoms with van der Waals surface area (Å²) in [6.45, 7) is 4.76. The Labute approximate surface area is 270 Å². The molecule has 2 aromatic heterocycles. The van der Waals surface area contributed by atoms with Crippen LogP contribution in [0.15, 0.2) is 30.6 Å². The topological polar surface area (TPSA) is 135 Å². The van der Waals surface area contributed by atoms with Crippen molar-refractivity contribution in [3.63, 3.8) is 0 Å². The number of unbranched alkanes of at least 4 members (excludes halogenated alkanes) is 2. The zero-order chi connectivity index (χ0) is 29.5. The number of fused-ring (bicyclic) bond motifs is 1. The molecule has 2 heterocycles. The van der Waals surface area contributed by atoms with Crippen molar-refractivity contribution in [3.05, 3.63) is 36.2 Å². The molecular formula is C26H38I2N8O3P2. The van der Waals surface area contributed by atoms with E-state index >= 15 is 0 Å². The van der Waals surface area contributed by atoms with Gasteiger partial charge in [-0.25, -0.2) is 15.1 Å². The Bertz CT molecular complexity index is 1240. The van der Waals surface area contributed by atoms with Gasteiger partial charge in [-0.15, -0.1) is 0 Å². The van der Waals surface area contributed by atoms with E-state index in [0.717, 1.165) is 54.8 Å². The van der Waals surface area contributed by atoms with Crippen LogP contribution < -0.4 is 21.4 Å². The molecule has 2 atom stereocenters. The van der Waals surface area contributed by atoms with Gasteiger partial charge < -0.3 is 16.0 Å². The van der Waals surface area contributed by atoms with Gasteiger partial charge in [0.1, 0.15) is 12.8 Å². The second-order valence-electron chi connectivity index (χ2n) is 9.22. The summed E-state index contributed by atoms with van der Waals surface area (Å²) >= 11 is 4.37. The molecule has 0 aliphatic heterocycles. The monoisotopic (exact) mass is 826 g/mol. The van der Waals surface area contributed by atoms with E-state index in [-0.39, 0.29) is 18.3 Å². The Balaban J connectivity index is 0.00000226. The van der Waals surface area contributed by atoms with Gasteiger partial charge in [-0.05, 0) is 94.0 Å². The van der Waals surface area contributed by atoms with Crippen molar-refractivity contribution in [3.8, 4) is 0 Å². The second kappa shape index (κ2) is 19.0. The number of anilines is 3. The van der Waals surface area contributed by atoms with Crippen LogP contribution in [0.5, 0.6) is 0 Å². The van der Waals surface area contributed by atoms with Gasteiger partial charge in [-0.1, -0.05) is 39.5 Å². The molecule has 4 rings (SSSR count). The fourth-order valence-electron chi connectivity index (χ4n) is 4.41. The minimum absolute atomic E-state index is 0.116. The number of aromatic nitrogens is 4. The third kappa shape index (κ3) is 11.0. The van der Waals surface area contributed by atoms with Gasteiger partial charge in [0.05, 0.1) is 6.37 Å². The lowest BCUT2D eigenvalue weighted by Crippen LogP contribution is -2.24. The first-order chi connectivity index (χ1) is 20.1. The van der Waals surface area contributed by atoms with Crippen LogP contribution in [-0.4, -0.2) is 43.7 Å². The lowest BCUT2D eigenvalue weighted by Gasteiger charge is -2.23. The van der Waals surface area contributed by atoms with E-state index in [9.17, 15) is 9.59 Å². The van der Waals surface area contributed by atoms with Gasteiger partial charge in [0.2, 0.25) is 11.9 Å². The number of hydrogen-bond acceptors (Lipinski definition) is 8. The van der Waals surface area contributed by atoms with Crippen LogP contribution in [0.1, 0.15) is 82.0 Å². The van der Waals surface area contributed by atoms with Gasteiger partial charge in [0.25, 0.3) is 5.91 Å². The van der Waals surface area contributed by atoms with E-state index in [2.05, 4.69) is 48.5 Å². The average Bonchev–Trinajstić information content (AvgIpc) is 3.43. The zero-order valence-corrected chi connectivity index (χ0v) is 29.6. The van der Waals surface area contributed by atoms with E-state index in [1.165, 1.54) is 19.3 Å². The molecule has 4 N–H and O–H groups in total. The quantitative estimate of drug-likeness (QED) is 0.0572. The molecule has 1 aromatic carbocycles. The van der Waals surface area contributed by atoms with Gasteiger partial charge in [0.15, 0.2) is 17.0 Å². The Morgan fingerprint density at radius 1 is 1.05 bits per heavy atom. The molecule has 11 nitrogen and oxygen atoms in total. The minimum Gasteiger partial charge on any atom is -0.365 e. The molecule has 1 aliphatic carbocycles. The molecule has 2 unspecified atom stereocenters. The van der Waals surface area contributed by atoms with Crippen LogP contribution in [0.2, 0.25) is 0 Å². The van der Waals surface area contributed by atoms with Gasteiger partial charge in [-0.2, -0.15) is 9.97 Å². The number of hydroxylamine groups is 1. The molecular weight excluding hydrogens is 788 g/mol. The highest BCUT2D eigenvalue weighted by Crippen LogP contribution is 2.32. The van der Waals surface area contributed by atoms with Crippen molar-refractivity contribution in [1.82, 2.24) is 30.1 Å². The lowest BCUT2D eigenvalue weighted by atomic mass is 9.95. The number of hydrogen-bond donors (Lipinski definition) is 4. The summed E-state index contributed by atoms with van der Waals surface area (Å²) in [5, 5.41) is 9.85. The molecule has 1 saturated carbocycles. The predicted molar refractivity (Wildman–Crippen MR) is 187 cm³/mol. The van der Waals surface area contributed by atoms with Crippen molar-refractivity contribution in [1.29, 1.82) is 0 Å². The highest BCUT2D eigenvalue weighted by molar-refractivity contribution is 14.2. The fourth-order valence-corrected chi connectivity index (χ4v) is 6.29. The summed E-state index contributed by atoms with van der Waals surface area (Å²) in [5.41, 5.74) is 5.35. The van der Waals surface area contributed by atoms with Crippen LogP contribution in [0, 0.1) is 0 Å². The van der Waals surface area contributed by atoms with E-state index < -0.39 is 0 Å². The number of nitrogens with one attached hydrogen (secondary N) is 4. The predicted octanol–water partition coefficient (Wildman–Crippen LogP) is 7.41. The molecule has 15 heteroatoms. The summed E-state index contributed by atoms with van der Waals surface area (Å²) in [4.78, 5) is 38.1. The van der Waals surface area contributed by atoms with Crippen LogP contribution in [0.3, 0.4) is 0 Å². The second-order valence-corrected chi connectivity index (χ2v) is 13.0. The molecule has 0 bridgehead atoms. The molecule has 0 radical (unpaired) electrons. The van der Waals surface area contributed by atoms with Crippen molar-refractivity contribution in [2.45, 2.75) is 77.7 Å². The van der Waals surface area contributed by atoms with Gasteiger partial charge in [-0.3, -0.25) is 13.9 Å². The van der Waals surface area contributed by atoms with Crippen molar-refractivity contribution >= 4 is 97.3 Å². The van der Waals surface area contributed by atoms with Crippen LogP contribution in [0.25, 0.3) is 11.2 Å². The average molecular weight is 826 g/mol. The Morgan fingerprint density at radius 2 is 1.80 bits per heavy atom. The third-order valence-corrected chi connectivity index (χ3v) is 9.31. The number of nitrogens with zero attached hydrogens (tertiary/aromatic N) is 4. The highest BCUT2D eigenvalue weighted by Gasteiger charge is 2.19. The molecule has 2 amide bonds. The van der Waals surface area contributed by atoms with E-state index in [1.54, 1.807) is 12.1 Å². The smallest absolute Gasteiger partial charge is 0.251 e. The van der Waals surface area contributed by atoms with E-state index in [0.29, 0.717) is 36.9 Å². The van der Waals surface area contributed by atoms with E-state index in [4.69, 9.17) is 14.6 Å². The Kier molecular flexibility index (Phi) is 15.8. The third-order valence-electron chi connectivity index (χ3n) is 6.41. The normalized spacial score (nSPS) is 13.9. The molecule has 3 aromatic rings. The number of amides is 2. The summed E-state index contributed by atoms with van der Waals surface area (Å²) in [5.74, 6) is 1.01. The number of benzene rings is 1. The maximum Gasteiger partial charge on any atom is 0.251 e. The van der Waals surface area contributed by atoms with Crippen molar-refractivity contribution in [2.75, 3.05) is 17.2 Å². The lowest BCUT2D eigenvalue weighted by molar-refractivity contribution is -0.127. The Morgan fingerprint density at radius 3 is 2.51 bits per heavy atom. The molecule has 0 spiro atoms. The maximum atomic E-state index is 12.5. The number of carbonyl (C=O) groups excluding carboxylic acids is 2. The largest absolute Gasteiger partial charge is 0.365 e. The van der Waals surface area contributed by atoms with Crippen LogP contribution in [0.4, 0.5) is 17.5 Å². The number of imidazole rings is 1. The van der Waals surface area contributed by atoms with Gasteiger partial charge in [0, 0.05) is 30.3 Å². The molecule has 1 aliphatic rings. The van der Waals surface area contributed by atoms with Crippen LogP contribution in [-0.2, 0) is 9.42 Å². The molecule has 41 heavy (non-hydrogen) atoms. The van der Waals surface area contributed by atoms with E-state index in [1.807, 2.05) is 58.7 Å². The number of rotatable bonds is 14.